The zero-order chi connectivity index (χ0) is 16.4. The van der Waals surface area contributed by atoms with Gasteiger partial charge >= 0.3 is 0 Å². The number of anilines is 1. The average Bonchev–Trinajstić information content (AvgIpc) is 2.76. The summed E-state index contributed by atoms with van der Waals surface area (Å²) < 4.78 is 5.07. The number of hydrazine groups is 1. The van der Waals surface area contributed by atoms with E-state index in [1.54, 1.807) is 20.8 Å². The smallest absolute Gasteiger partial charge is 0.245 e. The predicted molar refractivity (Wildman–Crippen MR) is 87.6 cm³/mol. The van der Waals surface area contributed by atoms with Crippen molar-refractivity contribution in [2.24, 2.45) is 0 Å². The first-order valence-electron chi connectivity index (χ1n) is 6.44. The second-order valence-corrected chi connectivity index (χ2v) is 6.07. The highest BCUT2D eigenvalue weighted by atomic mass is 35.5. The Kier molecular flexibility index (Phi) is 5.21. The van der Waals surface area contributed by atoms with Crippen molar-refractivity contribution in [2.45, 2.75) is 26.7 Å². The molecule has 0 bridgehead atoms. The number of benzene rings is 1. The van der Waals surface area contributed by atoms with Crippen LogP contribution in [-0.2, 0) is 4.79 Å². The molecule has 0 spiro atoms. The van der Waals surface area contributed by atoms with Gasteiger partial charge in [-0.15, -0.1) is 0 Å². The number of carbonyl (C=O) groups is 1. The van der Waals surface area contributed by atoms with E-state index in [9.17, 15) is 4.79 Å². The summed E-state index contributed by atoms with van der Waals surface area (Å²) in [4.78, 5) is 12.3. The van der Waals surface area contributed by atoms with Crippen molar-refractivity contribution in [2.75, 3.05) is 5.43 Å². The second-order valence-electron chi connectivity index (χ2n) is 4.82. The van der Waals surface area contributed by atoms with Crippen LogP contribution in [0.5, 0.6) is 0 Å². The summed E-state index contributed by atoms with van der Waals surface area (Å²) in [6.07, 6.45) is 0. The van der Waals surface area contributed by atoms with E-state index < -0.39 is 5.92 Å². The number of aryl methyl sites for hydroxylation is 2. The molecular weight excluding hydrogens is 349 g/mol. The molecule has 5 nitrogen and oxygen atoms in total. The molecule has 0 aliphatic heterocycles. The standard InChI is InChI=1S/C14H14Cl3N3O2/c1-6(12-7(2)20-22-8(12)3)14(21)19-18-13-10(16)4-9(15)5-11(13)17/h4-6,18H,1-3H3,(H,19,21)/t6-/m1/s1. The van der Waals surface area contributed by atoms with Gasteiger partial charge in [-0.25, -0.2) is 0 Å². The molecular formula is C14H14Cl3N3O2. The maximum absolute atomic E-state index is 12.3. The Hall–Kier alpha value is -1.43. The highest BCUT2D eigenvalue weighted by Crippen LogP contribution is 2.33. The largest absolute Gasteiger partial charge is 0.361 e. The first-order chi connectivity index (χ1) is 10.3. The van der Waals surface area contributed by atoms with Gasteiger partial charge in [-0.2, -0.15) is 0 Å². The summed E-state index contributed by atoms with van der Waals surface area (Å²) in [7, 11) is 0. The Morgan fingerprint density at radius 3 is 2.32 bits per heavy atom. The molecule has 1 aromatic carbocycles. The van der Waals surface area contributed by atoms with Crippen molar-refractivity contribution in [3.8, 4) is 0 Å². The van der Waals surface area contributed by atoms with Crippen LogP contribution < -0.4 is 10.9 Å². The van der Waals surface area contributed by atoms with Gasteiger partial charge in [0, 0.05) is 10.6 Å². The molecule has 0 radical (unpaired) electrons. The third-order valence-electron chi connectivity index (χ3n) is 3.23. The summed E-state index contributed by atoms with van der Waals surface area (Å²) in [6, 6.07) is 3.06. The molecule has 0 saturated carbocycles. The minimum absolute atomic E-state index is 0.267. The van der Waals surface area contributed by atoms with Crippen LogP contribution in [0.4, 0.5) is 5.69 Å². The molecule has 118 valence electrons. The first-order valence-corrected chi connectivity index (χ1v) is 7.57. The Morgan fingerprint density at radius 1 is 1.23 bits per heavy atom. The van der Waals surface area contributed by atoms with Crippen molar-refractivity contribution in [3.05, 3.63) is 44.2 Å². The van der Waals surface area contributed by atoms with Crippen LogP contribution in [0.15, 0.2) is 16.7 Å². The van der Waals surface area contributed by atoms with Crippen molar-refractivity contribution in [3.63, 3.8) is 0 Å². The maximum Gasteiger partial charge on any atom is 0.245 e. The van der Waals surface area contributed by atoms with Crippen molar-refractivity contribution in [1.29, 1.82) is 0 Å². The van der Waals surface area contributed by atoms with E-state index in [2.05, 4.69) is 16.0 Å². The Labute approximate surface area is 142 Å². The van der Waals surface area contributed by atoms with Gasteiger partial charge in [-0.05, 0) is 32.9 Å². The lowest BCUT2D eigenvalue weighted by Crippen LogP contribution is -2.33. The number of aromatic nitrogens is 1. The van der Waals surface area contributed by atoms with Gasteiger partial charge in [0.25, 0.3) is 0 Å². The number of amides is 1. The van der Waals surface area contributed by atoms with Gasteiger partial charge in [-0.1, -0.05) is 40.0 Å². The van der Waals surface area contributed by atoms with Gasteiger partial charge in [-0.3, -0.25) is 15.6 Å². The molecule has 0 fully saturated rings. The quantitative estimate of drug-likeness (QED) is 0.786. The summed E-state index contributed by atoms with van der Waals surface area (Å²) in [6.45, 7) is 5.31. The van der Waals surface area contributed by atoms with Crippen LogP contribution in [0.1, 0.15) is 29.9 Å². The monoisotopic (exact) mass is 361 g/mol. The maximum atomic E-state index is 12.3. The lowest BCUT2D eigenvalue weighted by atomic mass is 9.99. The fourth-order valence-corrected chi connectivity index (χ4v) is 3.04. The summed E-state index contributed by atoms with van der Waals surface area (Å²) >= 11 is 17.9. The number of halogens is 3. The summed E-state index contributed by atoms with van der Waals surface area (Å²) in [5.41, 5.74) is 7.11. The molecule has 0 unspecified atom stereocenters. The van der Waals surface area contributed by atoms with Crippen LogP contribution in [-0.4, -0.2) is 11.1 Å². The molecule has 22 heavy (non-hydrogen) atoms. The van der Waals surface area contributed by atoms with Crippen LogP contribution in [0, 0.1) is 13.8 Å². The minimum atomic E-state index is -0.441. The molecule has 0 saturated heterocycles. The number of rotatable bonds is 4. The fraction of sp³-hybridized carbons (Fsp3) is 0.286. The van der Waals surface area contributed by atoms with E-state index in [4.69, 9.17) is 39.3 Å². The highest BCUT2D eigenvalue weighted by molar-refractivity contribution is 6.41. The van der Waals surface area contributed by atoms with Gasteiger partial charge in [0.2, 0.25) is 5.91 Å². The molecule has 0 aliphatic rings. The van der Waals surface area contributed by atoms with Gasteiger partial charge < -0.3 is 4.52 Å². The van der Waals surface area contributed by atoms with E-state index in [1.165, 1.54) is 12.1 Å². The van der Waals surface area contributed by atoms with Crippen LogP contribution in [0.2, 0.25) is 15.1 Å². The Balaban J connectivity index is 2.11. The number of hydrogen-bond donors (Lipinski definition) is 2. The van der Waals surface area contributed by atoms with Gasteiger partial charge in [0.1, 0.15) is 5.76 Å². The zero-order valence-corrected chi connectivity index (χ0v) is 14.4. The number of hydrogen-bond acceptors (Lipinski definition) is 4. The molecule has 1 heterocycles. The molecule has 0 aliphatic carbocycles. The van der Waals surface area contributed by atoms with Crippen molar-refractivity contribution < 1.29 is 9.32 Å². The van der Waals surface area contributed by atoms with Gasteiger partial charge in [0.15, 0.2) is 0 Å². The van der Waals surface area contributed by atoms with E-state index >= 15 is 0 Å². The second kappa shape index (κ2) is 6.77. The SMILES string of the molecule is Cc1noc(C)c1[C@@H](C)C(=O)NNc1c(Cl)cc(Cl)cc1Cl. The van der Waals surface area contributed by atoms with E-state index in [0.717, 1.165) is 5.56 Å². The van der Waals surface area contributed by atoms with E-state index in [1.807, 2.05) is 0 Å². The fourth-order valence-electron chi connectivity index (χ4n) is 2.13. The lowest BCUT2D eigenvalue weighted by molar-refractivity contribution is -0.121. The first kappa shape index (κ1) is 16.9. The molecule has 2 rings (SSSR count). The molecule has 8 heteroatoms. The Bertz CT molecular complexity index is 673. The molecule has 1 atom stereocenters. The highest BCUT2D eigenvalue weighted by Gasteiger charge is 2.23. The van der Waals surface area contributed by atoms with Crippen LogP contribution in [0.3, 0.4) is 0 Å². The zero-order valence-electron chi connectivity index (χ0n) is 12.1. The van der Waals surface area contributed by atoms with E-state index in [0.29, 0.717) is 32.2 Å². The lowest BCUT2D eigenvalue weighted by Gasteiger charge is -2.15. The topological polar surface area (TPSA) is 67.2 Å². The summed E-state index contributed by atoms with van der Waals surface area (Å²) in [5, 5.41) is 4.87. The Morgan fingerprint density at radius 2 is 1.82 bits per heavy atom. The molecule has 2 N–H and O–H groups in total. The van der Waals surface area contributed by atoms with E-state index in [-0.39, 0.29) is 5.91 Å². The third kappa shape index (κ3) is 3.48. The molecule has 2 aromatic rings. The average molecular weight is 363 g/mol. The number of carbonyl (C=O) groups excluding carboxylic acids is 1. The van der Waals surface area contributed by atoms with Crippen LogP contribution >= 0.6 is 34.8 Å². The van der Waals surface area contributed by atoms with Crippen LogP contribution in [0.25, 0.3) is 0 Å². The van der Waals surface area contributed by atoms with Gasteiger partial charge in [0.05, 0.1) is 27.3 Å². The number of nitrogens with zero attached hydrogens (tertiary/aromatic N) is 1. The third-order valence-corrected chi connectivity index (χ3v) is 4.05. The number of nitrogens with one attached hydrogen (secondary N) is 2. The normalized spacial score (nSPS) is 12.1. The van der Waals surface area contributed by atoms with Crippen molar-refractivity contribution in [1.82, 2.24) is 10.6 Å². The van der Waals surface area contributed by atoms with Crippen molar-refractivity contribution >= 4 is 46.4 Å². The minimum Gasteiger partial charge on any atom is -0.361 e. The summed E-state index contributed by atoms with van der Waals surface area (Å²) in [5.74, 6) is -0.0946. The predicted octanol–water partition coefficient (Wildman–Crippen LogP) is 4.50. The molecule has 1 amide bonds. The molecule has 1 aromatic heterocycles.